The van der Waals surface area contributed by atoms with E-state index in [-0.39, 0.29) is 37.5 Å². The van der Waals surface area contributed by atoms with Gasteiger partial charge in [0, 0.05) is 19.5 Å². The minimum atomic E-state index is -4.52. The molecule has 1 aliphatic rings. The Morgan fingerprint density at radius 1 is 1.43 bits per heavy atom. The first-order valence-corrected chi connectivity index (χ1v) is 6.75. The molecule has 23 heavy (non-hydrogen) atoms. The van der Waals surface area contributed by atoms with Crippen molar-refractivity contribution >= 4 is 18.3 Å². The van der Waals surface area contributed by atoms with Gasteiger partial charge in [0.15, 0.2) is 0 Å². The number of amides is 1. The average molecular weight is 357 g/mol. The molecule has 1 aliphatic heterocycles. The van der Waals surface area contributed by atoms with Gasteiger partial charge in [0.2, 0.25) is 5.67 Å². The van der Waals surface area contributed by atoms with Gasteiger partial charge < -0.3 is 15.7 Å². The normalized spacial score (nSPS) is 22.3. The first-order valence-electron chi connectivity index (χ1n) is 6.75. The molecule has 2 atom stereocenters. The van der Waals surface area contributed by atoms with Crippen LogP contribution in [0, 0.1) is 0 Å². The molecule has 0 spiro atoms. The van der Waals surface area contributed by atoms with Gasteiger partial charge in [0.1, 0.15) is 0 Å². The zero-order valence-corrected chi connectivity index (χ0v) is 12.8. The number of halogens is 5. The van der Waals surface area contributed by atoms with Crippen LogP contribution in [0.4, 0.5) is 17.6 Å². The molecule has 0 aromatic heterocycles. The summed E-state index contributed by atoms with van der Waals surface area (Å²) in [6, 6.07) is 4.17. The number of carbonyl (C=O) groups is 1. The minimum absolute atomic E-state index is 0. The molecule has 4 nitrogen and oxygen atoms in total. The van der Waals surface area contributed by atoms with Crippen LogP contribution >= 0.6 is 12.4 Å². The third-order valence-corrected chi connectivity index (χ3v) is 3.56. The Morgan fingerprint density at radius 2 is 2.13 bits per heavy atom. The van der Waals surface area contributed by atoms with Crippen molar-refractivity contribution in [3.8, 4) is 0 Å². The first kappa shape index (κ1) is 19.7. The molecule has 2 rings (SSSR count). The summed E-state index contributed by atoms with van der Waals surface area (Å²) >= 11 is 0. The number of nitrogens with one attached hydrogen (secondary N) is 2. The molecular formula is C14H17ClF4N2O2. The van der Waals surface area contributed by atoms with Gasteiger partial charge in [-0.25, -0.2) is 4.39 Å². The van der Waals surface area contributed by atoms with E-state index in [0.29, 0.717) is 6.54 Å². The SMILES string of the molecule is Cl.O=C(NCC(O)c1cccc(C(F)(F)F)c1)C1(F)CCNC1. The zero-order valence-electron chi connectivity index (χ0n) is 12.0. The number of rotatable bonds is 4. The third-order valence-electron chi connectivity index (χ3n) is 3.56. The van der Waals surface area contributed by atoms with Crippen LogP contribution in [-0.2, 0) is 11.0 Å². The van der Waals surface area contributed by atoms with E-state index in [1.165, 1.54) is 12.1 Å². The van der Waals surface area contributed by atoms with Crippen molar-refractivity contribution in [1.82, 2.24) is 10.6 Å². The molecule has 1 aromatic rings. The van der Waals surface area contributed by atoms with Gasteiger partial charge in [-0.1, -0.05) is 12.1 Å². The van der Waals surface area contributed by atoms with Crippen molar-refractivity contribution in [2.75, 3.05) is 19.6 Å². The number of hydrogen-bond donors (Lipinski definition) is 3. The topological polar surface area (TPSA) is 61.4 Å². The molecule has 1 aromatic carbocycles. The van der Waals surface area contributed by atoms with Gasteiger partial charge in [0.05, 0.1) is 11.7 Å². The van der Waals surface area contributed by atoms with Crippen molar-refractivity contribution < 1.29 is 27.5 Å². The molecule has 0 radical (unpaired) electrons. The monoisotopic (exact) mass is 356 g/mol. The van der Waals surface area contributed by atoms with Crippen LogP contribution in [0.1, 0.15) is 23.7 Å². The fraction of sp³-hybridized carbons (Fsp3) is 0.500. The van der Waals surface area contributed by atoms with Crippen molar-refractivity contribution in [1.29, 1.82) is 0 Å². The highest BCUT2D eigenvalue weighted by atomic mass is 35.5. The molecule has 0 saturated carbocycles. The van der Waals surface area contributed by atoms with Gasteiger partial charge in [-0.3, -0.25) is 4.79 Å². The maximum Gasteiger partial charge on any atom is 0.416 e. The summed E-state index contributed by atoms with van der Waals surface area (Å²) < 4.78 is 51.9. The van der Waals surface area contributed by atoms with Crippen molar-refractivity contribution in [3.63, 3.8) is 0 Å². The summed E-state index contributed by atoms with van der Waals surface area (Å²) in [5.74, 6) is -0.872. The first-order chi connectivity index (χ1) is 10.2. The highest BCUT2D eigenvalue weighted by molar-refractivity contribution is 5.86. The van der Waals surface area contributed by atoms with E-state index in [0.717, 1.165) is 12.1 Å². The Morgan fingerprint density at radius 3 is 2.70 bits per heavy atom. The lowest BCUT2D eigenvalue weighted by atomic mass is 10.0. The molecule has 1 fully saturated rings. The summed E-state index contributed by atoms with van der Waals surface area (Å²) in [6.45, 7) is -0.0929. The Balaban J connectivity index is 0.00000264. The summed E-state index contributed by atoms with van der Waals surface area (Å²) in [5, 5.41) is 14.8. The van der Waals surface area contributed by atoms with Crippen LogP contribution in [0.25, 0.3) is 0 Å². The number of alkyl halides is 4. The molecule has 3 N–H and O–H groups in total. The smallest absolute Gasteiger partial charge is 0.387 e. The Labute approximate surface area is 136 Å². The third kappa shape index (κ3) is 4.79. The molecule has 9 heteroatoms. The molecule has 1 heterocycles. The summed E-state index contributed by atoms with van der Waals surface area (Å²) in [7, 11) is 0. The largest absolute Gasteiger partial charge is 0.416 e. The maximum atomic E-state index is 14.1. The fourth-order valence-electron chi connectivity index (χ4n) is 2.24. The highest BCUT2D eigenvalue weighted by Gasteiger charge is 2.41. The second kappa shape index (κ2) is 7.46. The molecular weight excluding hydrogens is 340 g/mol. The van der Waals surface area contributed by atoms with E-state index in [1.54, 1.807) is 0 Å². The van der Waals surface area contributed by atoms with E-state index in [1.807, 2.05) is 0 Å². The zero-order chi connectivity index (χ0) is 16.4. The van der Waals surface area contributed by atoms with Crippen LogP contribution in [0.15, 0.2) is 24.3 Å². The molecule has 0 bridgehead atoms. The minimum Gasteiger partial charge on any atom is -0.387 e. The van der Waals surface area contributed by atoms with E-state index in [9.17, 15) is 27.5 Å². The highest BCUT2D eigenvalue weighted by Crippen LogP contribution is 2.30. The Kier molecular flexibility index (Phi) is 6.38. The molecule has 1 amide bonds. The lowest BCUT2D eigenvalue weighted by Gasteiger charge is -2.19. The van der Waals surface area contributed by atoms with Gasteiger partial charge in [0.25, 0.3) is 5.91 Å². The predicted molar refractivity (Wildman–Crippen MR) is 78.0 cm³/mol. The standard InChI is InChI=1S/C14H16F4N2O2.ClH/c15-13(4-5-19-8-13)12(22)20-7-11(21)9-2-1-3-10(6-9)14(16,17)18;/h1-3,6,11,19,21H,4-5,7-8H2,(H,20,22);1H. The summed E-state index contributed by atoms with van der Waals surface area (Å²) in [4.78, 5) is 11.7. The molecule has 1 saturated heterocycles. The Bertz CT molecular complexity index is 548. The van der Waals surface area contributed by atoms with Gasteiger partial charge in [-0.05, 0) is 24.2 Å². The van der Waals surface area contributed by atoms with Gasteiger partial charge >= 0.3 is 6.18 Å². The second-order valence-electron chi connectivity index (χ2n) is 5.24. The van der Waals surface area contributed by atoms with Crippen molar-refractivity contribution in [2.24, 2.45) is 0 Å². The molecule has 130 valence electrons. The summed E-state index contributed by atoms with van der Waals surface area (Å²) in [6.07, 6.45) is -5.83. The van der Waals surface area contributed by atoms with E-state index in [2.05, 4.69) is 10.6 Å². The second-order valence-corrected chi connectivity index (χ2v) is 5.24. The number of aliphatic hydroxyl groups excluding tert-OH is 1. The predicted octanol–water partition coefficient (Wildman–Crippen LogP) is 1.98. The Hall–Kier alpha value is -1.38. The van der Waals surface area contributed by atoms with Crippen LogP contribution < -0.4 is 10.6 Å². The van der Waals surface area contributed by atoms with Crippen molar-refractivity contribution in [2.45, 2.75) is 24.4 Å². The van der Waals surface area contributed by atoms with E-state index in [4.69, 9.17) is 0 Å². The molecule has 0 aliphatic carbocycles. The quantitative estimate of drug-likeness (QED) is 0.723. The van der Waals surface area contributed by atoms with Gasteiger partial charge in [-0.2, -0.15) is 13.2 Å². The number of carbonyl (C=O) groups excluding carboxylic acids is 1. The number of aliphatic hydroxyl groups is 1. The number of benzene rings is 1. The van der Waals surface area contributed by atoms with E-state index < -0.39 is 29.4 Å². The van der Waals surface area contributed by atoms with Crippen molar-refractivity contribution in [3.05, 3.63) is 35.4 Å². The fourth-order valence-corrected chi connectivity index (χ4v) is 2.24. The maximum absolute atomic E-state index is 14.1. The van der Waals surface area contributed by atoms with E-state index >= 15 is 0 Å². The summed E-state index contributed by atoms with van der Waals surface area (Å²) in [5.41, 5.74) is -2.92. The van der Waals surface area contributed by atoms with Crippen LogP contribution in [0.3, 0.4) is 0 Å². The average Bonchev–Trinajstić information content (AvgIpc) is 2.92. The van der Waals surface area contributed by atoms with Crippen LogP contribution in [0.5, 0.6) is 0 Å². The van der Waals surface area contributed by atoms with Gasteiger partial charge in [-0.15, -0.1) is 12.4 Å². The number of hydrogen-bond acceptors (Lipinski definition) is 3. The molecule has 2 unspecified atom stereocenters. The van der Waals surface area contributed by atoms with Crippen LogP contribution in [-0.4, -0.2) is 36.3 Å². The lowest BCUT2D eigenvalue weighted by molar-refractivity contribution is -0.137. The lowest BCUT2D eigenvalue weighted by Crippen LogP contribution is -2.46. The van der Waals surface area contributed by atoms with Crippen LogP contribution in [0.2, 0.25) is 0 Å².